The number of nitrogens with two attached hydrogens (primary N) is 1. The minimum Gasteiger partial charge on any atom is -0.326 e. The van der Waals surface area contributed by atoms with E-state index in [0.29, 0.717) is 29.1 Å². The van der Waals surface area contributed by atoms with Gasteiger partial charge in [0.15, 0.2) is 0 Å². The maximum Gasteiger partial charge on any atom is 0.258 e. The number of carbonyl (C=O) groups excluding carboxylic acids is 1. The summed E-state index contributed by atoms with van der Waals surface area (Å²) in [6.45, 7) is 2.89. The fourth-order valence-electron chi connectivity index (χ4n) is 2.97. The molecular weight excluding hydrogens is 350 g/mol. The molecular formula is C20H20ClN3O2. The summed E-state index contributed by atoms with van der Waals surface area (Å²) in [7, 11) is 1.72. The summed E-state index contributed by atoms with van der Waals surface area (Å²) in [5.41, 5.74) is 8.46. The van der Waals surface area contributed by atoms with Crippen LogP contribution in [0.5, 0.6) is 0 Å². The van der Waals surface area contributed by atoms with E-state index in [1.807, 2.05) is 31.2 Å². The number of fused-ring (bicyclic) bond motifs is 1. The van der Waals surface area contributed by atoms with Crippen molar-refractivity contribution >= 4 is 34.1 Å². The maximum absolute atomic E-state index is 12.9. The third-order valence-electron chi connectivity index (χ3n) is 4.49. The molecule has 0 bridgehead atoms. The molecule has 2 aromatic carbocycles. The van der Waals surface area contributed by atoms with E-state index in [-0.39, 0.29) is 11.5 Å². The number of carbonyl (C=O) groups is 1. The first-order chi connectivity index (χ1) is 12.5. The van der Waals surface area contributed by atoms with Gasteiger partial charge in [-0.3, -0.25) is 9.59 Å². The van der Waals surface area contributed by atoms with Gasteiger partial charge < -0.3 is 15.2 Å². The van der Waals surface area contributed by atoms with Gasteiger partial charge in [0.2, 0.25) is 0 Å². The highest BCUT2D eigenvalue weighted by molar-refractivity contribution is 6.35. The average Bonchev–Trinajstić information content (AvgIpc) is 2.67. The lowest BCUT2D eigenvalue weighted by Crippen LogP contribution is -2.26. The summed E-state index contributed by atoms with van der Waals surface area (Å²) in [6, 6.07) is 14.1. The molecule has 0 aliphatic heterocycles. The van der Waals surface area contributed by atoms with E-state index in [1.165, 1.54) is 6.07 Å². The van der Waals surface area contributed by atoms with Crippen molar-refractivity contribution < 1.29 is 4.79 Å². The van der Waals surface area contributed by atoms with Gasteiger partial charge in [-0.05, 0) is 42.8 Å². The second-order valence-electron chi connectivity index (χ2n) is 6.04. The number of benzene rings is 2. The predicted octanol–water partition coefficient (Wildman–Crippen LogP) is 3.41. The summed E-state index contributed by atoms with van der Waals surface area (Å²) in [4.78, 5) is 26.5. The Morgan fingerprint density at radius 3 is 2.46 bits per heavy atom. The Hall–Kier alpha value is -2.63. The van der Waals surface area contributed by atoms with E-state index in [2.05, 4.69) is 0 Å². The lowest BCUT2D eigenvalue weighted by Gasteiger charge is -2.18. The van der Waals surface area contributed by atoms with E-state index >= 15 is 0 Å². The standard InChI is InChI=1S/C20H20ClN3O2/c1-3-24-18-9-6-14(10-16(18)17(21)11-19(24)25)20(26)23(2)15-7-4-13(12-22)5-8-15/h4-11H,3,12,22H2,1-2H3. The van der Waals surface area contributed by atoms with Gasteiger partial charge >= 0.3 is 0 Å². The van der Waals surface area contributed by atoms with Crippen LogP contribution in [0.25, 0.3) is 10.9 Å². The van der Waals surface area contributed by atoms with Crippen molar-refractivity contribution in [2.75, 3.05) is 11.9 Å². The lowest BCUT2D eigenvalue weighted by molar-refractivity contribution is 0.0993. The molecule has 0 radical (unpaired) electrons. The molecule has 0 aliphatic rings. The number of amides is 1. The Morgan fingerprint density at radius 2 is 1.85 bits per heavy atom. The highest BCUT2D eigenvalue weighted by atomic mass is 35.5. The molecule has 3 aromatic rings. The number of aryl methyl sites for hydroxylation is 1. The fraction of sp³-hybridized carbons (Fsp3) is 0.200. The Labute approximate surface area is 156 Å². The first kappa shape index (κ1) is 18.2. The topological polar surface area (TPSA) is 68.3 Å². The highest BCUT2D eigenvalue weighted by Gasteiger charge is 2.16. The molecule has 1 aromatic heterocycles. The summed E-state index contributed by atoms with van der Waals surface area (Å²) < 4.78 is 1.63. The Kier molecular flexibility index (Phi) is 5.11. The Balaban J connectivity index is 2.01. The Morgan fingerprint density at radius 1 is 1.15 bits per heavy atom. The molecule has 3 rings (SSSR count). The lowest BCUT2D eigenvalue weighted by atomic mass is 10.1. The van der Waals surface area contributed by atoms with Gasteiger partial charge in [-0.1, -0.05) is 23.7 Å². The van der Waals surface area contributed by atoms with Crippen molar-refractivity contribution in [3.63, 3.8) is 0 Å². The first-order valence-corrected chi connectivity index (χ1v) is 8.74. The van der Waals surface area contributed by atoms with Crippen LogP contribution in [0.15, 0.2) is 53.3 Å². The molecule has 0 aliphatic carbocycles. The van der Waals surface area contributed by atoms with Crippen molar-refractivity contribution in [1.82, 2.24) is 4.57 Å². The number of pyridine rings is 1. The molecule has 26 heavy (non-hydrogen) atoms. The third kappa shape index (κ3) is 3.23. The number of hydrogen-bond donors (Lipinski definition) is 1. The second kappa shape index (κ2) is 7.32. The SMILES string of the molecule is CCn1c(=O)cc(Cl)c2cc(C(=O)N(C)c3ccc(CN)cc3)ccc21. The normalized spacial score (nSPS) is 10.9. The molecule has 0 saturated heterocycles. The molecule has 6 heteroatoms. The van der Waals surface area contributed by atoms with Gasteiger partial charge in [0.05, 0.1) is 10.5 Å². The zero-order valence-corrected chi connectivity index (χ0v) is 15.5. The smallest absolute Gasteiger partial charge is 0.258 e. The van der Waals surface area contributed by atoms with Gasteiger partial charge in [0, 0.05) is 42.8 Å². The van der Waals surface area contributed by atoms with Crippen LogP contribution in [0.1, 0.15) is 22.8 Å². The van der Waals surface area contributed by atoms with Crippen molar-refractivity contribution in [2.24, 2.45) is 5.73 Å². The number of rotatable bonds is 4. The first-order valence-electron chi connectivity index (χ1n) is 8.36. The van der Waals surface area contributed by atoms with Crippen molar-refractivity contribution in [1.29, 1.82) is 0 Å². The van der Waals surface area contributed by atoms with E-state index in [1.54, 1.807) is 34.7 Å². The van der Waals surface area contributed by atoms with E-state index < -0.39 is 0 Å². The van der Waals surface area contributed by atoms with E-state index in [0.717, 1.165) is 16.8 Å². The van der Waals surface area contributed by atoms with Crippen molar-refractivity contribution in [2.45, 2.75) is 20.0 Å². The van der Waals surface area contributed by atoms with Crippen molar-refractivity contribution in [3.8, 4) is 0 Å². The van der Waals surface area contributed by atoms with Gasteiger partial charge in [-0.25, -0.2) is 0 Å². The third-order valence-corrected chi connectivity index (χ3v) is 4.80. The largest absolute Gasteiger partial charge is 0.326 e. The highest BCUT2D eigenvalue weighted by Crippen LogP contribution is 2.24. The number of hydrogen-bond acceptors (Lipinski definition) is 3. The van der Waals surface area contributed by atoms with Gasteiger partial charge in [-0.2, -0.15) is 0 Å². The molecule has 0 unspecified atom stereocenters. The number of aromatic nitrogens is 1. The minimum atomic E-state index is -0.155. The van der Waals surface area contributed by atoms with E-state index in [4.69, 9.17) is 17.3 Å². The minimum absolute atomic E-state index is 0.152. The van der Waals surface area contributed by atoms with Gasteiger partial charge in [-0.15, -0.1) is 0 Å². The van der Waals surface area contributed by atoms with Crippen LogP contribution in [0.3, 0.4) is 0 Å². The maximum atomic E-state index is 12.9. The molecule has 0 saturated carbocycles. The van der Waals surface area contributed by atoms with Crippen LogP contribution in [0, 0.1) is 0 Å². The Bertz CT molecular complexity index is 1030. The zero-order chi connectivity index (χ0) is 18.8. The van der Waals surface area contributed by atoms with Crippen LogP contribution in [-0.2, 0) is 13.1 Å². The van der Waals surface area contributed by atoms with Crippen LogP contribution in [-0.4, -0.2) is 17.5 Å². The van der Waals surface area contributed by atoms with Crippen LogP contribution in [0.4, 0.5) is 5.69 Å². The monoisotopic (exact) mass is 369 g/mol. The second-order valence-corrected chi connectivity index (χ2v) is 6.45. The summed E-state index contributed by atoms with van der Waals surface area (Å²) >= 11 is 6.25. The quantitative estimate of drug-likeness (QED) is 0.766. The molecule has 134 valence electrons. The van der Waals surface area contributed by atoms with Crippen LogP contribution >= 0.6 is 11.6 Å². The zero-order valence-electron chi connectivity index (χ0n) is 14.7. The van der Waals surface area contributed by atoms with Crippen LogP contribution < -0.4 is 16.2 Å². The van der Waals surface area contributed by atoms with Crippen LogP contribution in [0.2, 0.25) is 5.02 Å². The van der Waals surface area contributed by atoms with Crippen molar-refractivity contribution in [3.05, 3.63) is 75.0 Å². The van der Waals surface area contributed by atoms with Gasteiger partial charge in [0.25, 0.3) is 11.5 Å². The number of halogens is 1. The number of nitrogens with zero attached hydrogens (tertiary/aromatic N) is 2. The van der Waals surface area contributed by atoms with E-state index in [9.17, 15) is 9.59 Å². The van der Waals surface area contributed by atoms with Gasteiger partial charge in [0.1, 0.15) is 0 Å². The summed E-state index contributed by atoms with van der Waals surface area (Å²) in [6.07, 6.45) is 0. The fourth-order valence-corrected chi connectivity index (χ4v) is 3.22. The summed E-state index contributed by atoms with van der Waals surface area (Å²) in [5, 5.41) is 1.03. The molecule has 0 spiro atoms. The molecule has 5 nitrogen and oxygen atoms in total. The average molecular weight is 370 g/mol. The molecule has 1 amide bonds. The number of anilines is 1. The molecule has 0 fully saturated rings. The molecule has 0 atom stereocenters. The predicted molar refractivity (Wildman–Crippen MR) is 106 cm³/mol. The molecule has 2 N–H and O–H groups in total. The molecule has 1 heterocycles. The summed E-state index contributed by atoms with van der Waals surface area (Å²) in [5.74, 6) is -0.155.